The summed E-state index contributed by atoms with van der Waals surface area (Å²) < 4.78 is 15.3. The number of fused-ring (bicyclic) bond motifs is 1. The lowest BCUT2D eigenvalue weighted by Gasteiger charge is -2.37. The standard InChI is InChI=1S/C19H24FN3O/c1-3-4-17-18-10-5-14(2)22(18)11-12-23(17)19(24)21-13-15-6-8-16(20)9-7-15/h5-10,17H,3-4,11-13H2,1-2H3,(H,21,24)/t17-/m1/s1. The topological polar surface area (TPSA) is 37.3 Å². The number of aryl methyl sites for hydroxylation is 1. The lowest BCUT2D eigenvalue weighted by atomic mass is 10.0. The number of amides is 2. The highest BCUT2D eigenvalue weighted by Gasteiger charge is 2.30. The smallest absolute Gasteiger partial charge is 0.318 e. The maximum atomic E-state index is 13.0. The van der Waals surface area contributed by atoms with Crippen LogP contribution in [0.5, 0.6) is 0 Å². The maximum absolute atomic E-state index is 13.0. The van der Waals surface area contributed by atoms with Gasteiger partial charge in [-0.25, -0.2) is 9.18 Å². The van der Waals surface area contributed by atoms with Crippen molar-refractivity contribution in [3.63, 3.8) is 0 Å². The van der Waals surface area contributed by atoms with Crippen molar-refractivity contribution in [1.29, 1.82) is 0 Å². The molecule has 0 unspecified atom stereocenters. The van der Waals surface area contributed by atoms with Crippen molar-refractivity contribution < 1.29 is 9.18 Å². The fraction of sp³-hybridized carbons (Fsp3) is 0.421. The number of urea groups is 1. The molecule has 5 heteroatoms. The quantitative estimate of drug-likeness (QED) is 0.904. The van der Waals surface area contributed by atoms with Crippen LogP contribution in [-0.2, 0) is 13.1 Å². The van der Waals surface area contributed by atoms with Crippen LogP contribution in [0.3, 0.4) is 0 Å². The Balaban J connectivity index is 1.70. The minimum absolute atomic E-state index is 0.0529. The van der Waals surface area contributed by atoms with Crippen LogP contribution in [0.4, 0.5) is 9.18 Å². The van der Waals surface area contributed by atoms with E-state index in [0.717, 1.165) is 24.9 Å². The Morgan fingerprint density at radius 3 is 2.67 bits per heavy atom. The second-order valence-corrected chi connectivity index (χ2v) is 6.33. The molecule has 3 rings (SSSR count). The van der Waals surface area contributed by atoms with Gasteiger partial charge < -0.3 is 14.8 Å². The van der Waals surface area contributed by atoms with E-state index in [-0.39, 0.29) is 17.9 Å². The van der Waals surface area contributed by atoms with Crippen molar-refractivity contribution in [3.8, 4) is 0 Å². The van der Waals surface area contributed by atoms with Crippen LogP contribution in [0, 0.1) is 12.7 Å². The van der Waals surface area contributed by atoms with Gasteiger partial charge in [0.1, 0.15) is 5.82 Å². The highest BCUT2D eigenvalue weighted by molar-refractivity contribution is 5.75. The van der Waals surface area contributed by atoms with Crippen molar-refractivity contribution >= 4 is 6.03 Å². The van der Waals surface area contributed by atoms with E-state index in [9.17, 15) is 9.18 Å². The normalized spacial score (nSPS) is 16.8. The third-order valence-electron chi connectivity index (χ3n) is 4.69. The molecule has 0 bridgehead atoms. The largest absolute Gasteiger partial charge is 0.345 e. The van der Waals surface area contributed by atoms with Crippen LogP contribution < -0.4 is 5.32 Å². The Labute approximate surface area is 142 Å². The Morgan fingerprint density at radius 1 is 1.21 bits per heavy atom. The molecule has 0 saturated carbocycles. The zero-order valence-electron chi connectivity index (χ0n) is 14.3. The van der Waals surface area contributed by atoms with Crippen molar-refractivity contribution in [2.75, 3.05) is 6.54 Å². The van der Waals surface area contributed by atoms with Gasteiger partial charge in [-0.1, -0.05) is 25.5 Å². The summed E-state index contributed by atoms with van der Waals surface area (Å²) in [5, 5.41) is 2.97. The molecule has 1 atom stereocenters. The predicted octanol–water partition coefficient (Wildman–Crippen LogP) is 4.00. The van der Waals surface area contributed by atoms with Gasteiger partial charge in [-0.2, -0.15) is 0 Å². The van der Waals surface area contributed by atoms with Crippen LogP contribution in [0.15, 0.2) is 36.4 Å². The Hall–Kier alpha value is -2.30. The van der Waals surface area contributed by atoms with E-state index in [1.165, 1.54) is 23.5 Å². The molecule has 0 fully saturated rings. The molecule has 24 heavy (non-hydrogen) atoms. The van der Waals surface area contributed by atoms with Crippen molar-refractivity contribution in [3.05, 3.63) is 59.2 Å². The van der Waals surface area contributed by atoms with E-state index in [0.29, 0.717) is 13.1 Å². The van der Waals surface area contributed by atoms with E-state index in [4.69, 9.17) is 0 Å². The molecule has 1 aromatic heterocycles. The van der Waals surface area contributed by atoms with Gasteiger partial charge >= 0.3 is 6.03 Å². The first-order valence-electron chi connectivity index (χ1n) is 8.55. The van der Waals surface area contributed by atoms with E-state index < -0.39 is 0 Å². The molecule has 1 N–H and O–H groups in total. The number of hydrogen-bond acceptors (Lipinski definition) is 1. The molecule has 0 saturated heterocycles. The molecule has 0 spiro atoms. The fourth-order valence-electron chi connectivity index (χ4n) is 3.41. The van der Waals surface area contributed by atoms with Gasteiger partial charge in [-0.05, 0) is 43.2 Å². The van der Waals surface area contributed by atoms with Gasteiger partial charge in [0.05, 0.1) is 6.04 Å². The maximum Gasteiger partial charge on any atom is 0.318 e. The van der Waals surface area contributed by atoms with Gasteiger partial charge in [-0.3, -0.25) is 0 Å². The molecule has 2 heterocycles. The minimum Gasteiger partial charge on any atom is -0.345 e. The van der Waals surface area contributed by atoms with Crippen LogP contribution >= 0.6 is 0 Å². The second kappa shape index (κ2) is 7.07. The molecule has 4 nitrogen and oxygen atoms in total. The van der Waals surface area contributed by atoms with Gasteiger partial charge in [0.15, 0.2) is 0 Å². The molecule has 1 aromatic carbocycles. The van der Waals surface area contributed by atoms with Crippen LogP contribution in [-0.4, -0.2) is 22.0 Å². The summed E-state index contributed by atoms with van der Waals surface area (Å²) in [6.45, 7) is 6.20. The minimum atomic E-state index is -0.264. The molecule has 2 amide bonds. The van der Waals surface area contributed by atoms with Crippen LogP contribution in [0.2, 0.25) is 0 Å². The zero-order chi connectivity index (χ0) is 17.1. The molecule has 1 aliphatic heterocycles. The number of halogens is 1. The summed E-state index contributed by atoms with van der Waals surface area (Å²) >= 11 is 0. The van der Waals surface area contributed by atoms with Gasteiger partial charge in [-0.15, -0.1) is 0 Å². The number of carbonyl (C=O) groups excluding carboxylic acids is 1. The predicted molar refractivity (Wildman–Crippen MR) is 92.2 cm³/mol. The third-order valence-corrected chi connectivity index (χ3v) is 4.69. The van der Waals surface area contributed by atoms with Crippen molar-refractivity contribution in [2.45, 2.75) is 45.8 Å². The van der Waals surface area contributed by atoms with E-state index in [2.05, 4.69) is 35.9 Å². The van der Waals surface area contributed by atoms with Gasteiger partial charge in [0.25, 0.3) is 0 Å². The molecular weight excluding hydrogens is 305 g/mol. The number of hydrogen-bond donors (Lipinski definition) is 1. The first-order valence-corrected chi connectivity index (χ1v) is 8.55. The first-order chi connectivity index (χ1) is 11.6. The van der Waals surface area contributed by atoms with E-state index in [1.54, 1.807) is 12.1 Å². The van der Waals surface area contributed by atoms with Gasteiger partial charge in [0, 0.05) is 31.0 Å². The van der Waals surface area contributed by atoms with E-state index >= 15 is 0 Å². The molecule has 1 aliphatic rings. The first kappa shape index (κ1) is 16.6. The molecule has 128 valence electrons. The van der Waals surface area contributed by atoms with Crippen molar-refractivity contribution in [1.82, 2.24) is 14.8 Å². The summed E-state index contributed by atoms with van der Waals surface area (Å²) in [6, 6.07) is 10.5. The Morgan fingerprint density at radius 2 is 1.96 bits per heavy atom. The zero-order valence-corrected chi connectivity index (χ0v) is 14.3. The number of aromatic nitrogens is 1. The summed E-state index contributed by atoms with van der Waals surface area (Å²) in [5.74, 6) is -0.264. The average molecular weight is 329 g/mol. The lowest BCUT2D eigenvalue weighted by Crippen LogP contribution is -2.46. The molecule has 2 aromatic rings. The third kappa shape index (κ3) is 3.30. The number of benzene rings is 1. The summed E-state index contributed by atoms with van der Waals surface area (Å²) in [7, 11) is 0. The van der Waals surface area contributed by atoms with Crippen molar-refractivity contribution in [2.24, 2.45) is 0 Å². The van der Waals surface area contributed by atoms with E-state index in [1.807, 2.05) is 4.90 Å². The highest BCUT2D eigenvalue weighted by Crippen LogP contribution is 2.31. The molecule has 0 aliphatic carbocycles. The number of carbonyl (C=O) groups is 1. The number of nitrogens with zero attached hydrogens (tertiary/aromatic N) is 2. The monoisotopic (exact) mass is 329 g/mol. The number of rotatable bonds is 4. The lowest BCUT2D eigenvalue weighted by molar-refractivity contribution is 0.150. The molecular formula is C19H24FN3O. The van der Waals surface area contributed by atoms with Crippen LogP contribution in [0.1, 0.15) is 42.8 Å². The summed E-state index contributed by atoms with van der Waals surface area (Å²) in [6.07, 6.45) is 1.98. The van der Waals surface area contributed by atoms with Crippen LogP contribution in [0.25, 0.3) is 0 Å². The van der Waals surface area contributed by atoms with Gasteiger partial charge in [0.2, 0.25) is 0 Å². The summed E-state index contributed by atoms with van der Waals surface area (Å²) in [4.78, 5) is 14.6. The Kier molecular flexibility index (Phi) is 4.88. The fourth-order valence-corrected chi connectivity index (χ4v) is 3.41. The second-order valence-electron chi connectivity index (χ2n) is 6.33. The SMILES string of the molecule is CCC[C@@H]1c2ccc(C)n2CCN1C(=O)NCc1ccc(F)cc1. The Bertz CT molecular complexity index is 708. The average Bonchev–Trinajstić information content (AvgIpc) is 2.96. The summed E-state index contributed by atoms with van der Waals surface area (Å²) in [5.41, 5.74) is 3.36. The highest BCUT2D eigenvalue weighted by atomic mass is 19.1. The molecule has 0 radical (unpaired) electrons. The number of nitrogens with one attached hydrogen (secondary N) is 1.